The first kappa shape index (κ1) is 13.1. The highest BCUT2D eigenvalue weighted by atomic mass is 32.1. The van der Waals surface area contributed by atoms with Crippen LogP contribution in [0.1, 0.15) is 28.9 Å². The predicted molar refractivity (Wildman–Crippen MR) is 71.8 cm³/mol. The Bertz CT molecular complexity index is 435. The molecular formula is C11H18N4O2S. The van der Waals surface area contributed by atoms with Crippen LogP contribution in [0.15, 0.2) is 0 Å². The van der Waals surface area contributed by atoms with Crippen molar-refractivity contribution < 1.29 is 9.90 Å². The second-order valence-electron chi connectivity index (χ2n) is 4.31. The molecule has 1 unspecified atom stereocenters. The fourth-order valence-electron chi connectivity index (χ4n) is 2.18. The fourth-order valence-corrected chi connectivity index (χ4v) is 2.97. The summed E-state index contributed by atoms with van der Waals surface area (Å²) in [6.07, 6.45) is 2.87. The number of thiazole rings is 1. The van der Waals surface area contributed by atoms with Crippen molar-refractivity contribution in [3.63, 3.8) is 0 Å². The minimum absolute atomic E-state index is 0.00331. The quantitative estimate of drug-likeness (QED) is 0.754. The summed E-state index contributed by atoms with van der Waals surface area (Å²) < 4.78 is 0. The van der Waals surface area contributed by atoms with Gasteiger partial charge in [-0.25, -0.2) is 4.98 Å². The van der Waals surface area contributed by atoms with E-state index in [0.717, 1.165) is 19.3 Å². The third-order valence-electron chi connectivity index (χ3n) is 3.16. The summed E-state index contributed by atoms with van der Waals surface area (Å²) in [6.45, 7) is 0.680. The number of hydrogen-bond donors (Lipinski definition) is 3. The molecular weight excluding hydrogens is 252 g/mol. The number of nitrogens with one attached hydrogen (secondary N) is 1. The van der Waals surface area contributed by atoms with Gasteiger partial charge in [-0.3, -0.25) is 4.79 Å². The Kier molecular flexibility index (Phi) is 4.03. The highest BCUT2D eigenvalue weighted by Crippen LogP contribution is 2.28. The Morgan fingerprint density at radius 3 is 3.06 bits per heavy atom. The van der Waals surface area contributed by atoms with Crippen molar-refractivity contribution in [3.8, 4) is 0 Å². The summed E-state index contributed by atoms with van der Waals surface area (Å²) in [6, 6.07) is -0.0919. The third kappa shape index (κ3) is 2.41. The van der Waals surface area contributed by atoms with Gasteiger partial charge < -0.3 is 21.1 Å². The molecule has 0 bridgehead atoms. The lowest BCUT2D eigenvalue weighted by Crippen LogP contribution is -2.45. The molecule has 1 aliphatic heterocycles. The van der Waals surface area contributed by atoms with Gasteiger partial charge in [0, 0.05) is 13.6 Å². The smallest absolute Gasteiger partial charge is 0.268 e. The van der Waals surface area contributed by atoms with E-state index in [2.05, 4.69) is 10.3 Å². The van der Waals surface area contributed by atoms with Crippen molar-refractivity contribution in [2.45, 2.75) is 25.3 Å². The second kappa shape index (κ2) is 5.53. The highest BCUT2D eigenvalue weighted by molar-refractivity contribution is 7.18. The van der Waals surface area contributed by atoms with Gasteiger partial charge in [-0.15, -0.1) is 0 Å². The van der Waals surface area contributed by atoms with Gasteiger partial charge in [-0.1, -0.05) is 11.3 Å². The van der Waals surface area contributed by atoms with Crippen molar-refractivity contribution in [2.75, 3.05) is 31.2 Å². The number of carbonyl (C=O) groups excluding carboxylic acids is 1. The van der Waals surface area contributed by atoms with Crippen LogP contribution in [0.5, 0.6) is 0 Å². The first-order chi connectivity index (χ1) is 8.67. The number of aliphatic hydroxyl groups excluding tert-OH is 1. The van der Waals surface area contributed by atoms with Crippen LogP contribution >= 0.6 is 11.3 Å². The van der Waals surface area contributed by atoms with Gasteiger partial charge in [0.25, 0.3) is 5.91 Å². The van der Waals surface area contributed by atoms with Gasteiger partial charge in [-0.05, 0) is 19.3 Å². The average Bonchev–Trinajstić information content (AvgIpc) is 2.79. The Labute approximate surface area is 110 Å². The maximum atomic E-state index is 12.4. The molecule has 4 N–H and O–H groups in total. The number of amides is 1. The molecule has 0 spiro atoms. The molecule has 2 rings (SSSR count). The number of hydrogen-bond acceptors (Lipinski definition) is 6. The molecule has 1 aromatic heterocycles. The number of likely N-dealkylation sites (tertiary alicyclic amines) is 1. The maximum absolute atomic E-state index is 12.4. The van der Waals surface area contributed by atoms with Gasteiger partial charge in [-0.2, -0.15) is 0 Å². The van der Waals surface area contributed by atoms with Crippen LogP contribution in [0.2, 0.25) is 0 Å². The monoisotopic (exact) mass is 270 g/mol. The lowest BCUT2D eigenvalue weighted by molar-refractivity contribution is 0.0508. The molecule has 7 heteroatoms. The largest absolute Gasteiger partial charge is 0.394 e. The fraction of sp³-hybridized carbons (Fsp3) is 0.636. The Morgan fingerprint density at radius 1 is 1.67 bits per heavy atom. The van der Waals surface area contributed by atoms with Gasteiger partial charge in [0.05, 0.1) is 12.6 Å². The topological polar surface area (TPSA) is 91.5 Å². The molecule has 2 heterocycles. The van der Waals surface area contributed by atoms with Gasteiger partial charge >= 0.3 is 0 Å². The highest BCUT2D eigenvalue weighted by Gasteiger charge is 2.29. The van der Waals surface area contributed by atoms with Crippen molar-refractivity contribution >= 4 is 28.2 Å². The van der Waals surface area contributed by atoms with Gasteiger partial charge in [0.15, 0.2) is 5.13 Å². The number of nitrogen functional groups attached to an aromatic ring is 1. The molecule has 1 aromatic rings. The number of nitrogens with zero attached hydrogens (tertiary/aromatic N) is 2. The Balaban J connectivity index is 2.20. The molecule has 18 heavy (non-hydrogen) atoms. The molecule has 1 saturated heterocycles. The molecule has 0 aromatic carbocycles. The van der Waals surface area contributed by atoms with E-state index >= 15 is 0 Å². The summed E-state index contributed by atoms with van der Waals surface area (Å²) >= 11 is 1.25. The van der Waals surface area contributed by atoms with E-state index in [1.165, 1.54) is 11.3 Å². The minimum atomic E-state index is -0.120. The Morgan fingerprint density at radius 2 is 2.44 bits per heavy atom. The third-order valence-corrected chi connectivity index (χ3v) is 4.24. The number of nitrogens with two attached hydrogens (primary N) is 1. The number of carbonyl (C=O) groups is 1. The van der Waals surface area contributed by atoms with Gasteiger partial charge in [0.2, 0.25) is 0 Å². The van der Waals surface area contributed by atoms with Crippen molar-refractivity contribution in [1.82, 2.24) is 9.88 Å². The van der Waals surface area contributed by atoms with Crippen LogP contribution < -0.4 is 11.1 Å². The van der Waals surface area contributed by atoms with E-state index in [4.69, 9.17) is 5.73 Å². The van der Waals surface area contributed by atoms with E-state index in [0.29, 0.717) is 16.6 Å². The molecule has 0 saturated carbocycles. The molecule has 1 fully saturated rings. The van der Waals surface area contributed by atoms with E-state index in [9.17, 15) is 9.90 Å². The Hall–Kier alpha value is -1.34. The van der Waals surface area contributed by atoms with E-state index < -0.39 is 0 Å². The van der Waals surface area contributed by atoms with Crippen LogP contribution in [0.25, 0.3) is 0 Å². The maximum Gasteiger partial charge on any atom is 0.268 e. The van der Waals surface area contributed by atoms with Crippen molar-refractivity contribution in [1.29, 1.82) is 0 Å². The van der Waals surface area contributed by atoms with E-state index in [1.54, 1.807) is 11.9 Å². The second-order valence-corrected chi connectivity index (χ2v) is 5.31. The molecule has 1 atom stereocenters. The number of anilines is 2. The SMILES string of the molecule is CNc1nc(N)c(C(=O)N2CCCCC2CO)s1. The molecule has 0 radical (unpaired) electrons. The summed E-state index contributed by atoms with van der Waals surface area (Å²) in [5.74, 6) is 0.141. The van der Waals surface area contributed by atoms with E-state index in [1.807, 2.05) is 0 Å². The van der Waals surface area contributed by atoms with Crippen molar-refractivity contribution in [3.05, 3.63) is 4.88 Å². The molecule has 1 aliphatic rings. The molecule has 100 valence electrons. The predicted octanol–water partition coefficient (Wildman–Crippen LogP) is 0.754. The number of piperidine rings is 1. The summed E-state index contributed by atoms with van der Waals surface area (Å²) in [5.41, 5.74) is 5.76. The zero-order valence-corrected chi connectivity index (χ0v) is 11.2. The molecule has 0 aliphatic carbocycles. The summed E-state index contributed by atoms with van der Waals surface area (Å²) in [7, 11) is 1.74. The normalized spacial score (nSPS) is 19.9. The summed E-state index contributed by atoms with van der Waals surface area (Å²) in [4.78, 5) is 18.6. The van der Waals surface area contributed by atoms with Crippen LogP contribution in [-0.4, -0.2) is 47.1 Å². The standard InChI is InChI=1S/C11H18N4O2S/c1-13-11-14-9(12)8(18-11)10(17)15-5-3-2-4-7(15)6-16/h7,16H,2-6,12H2,1H3,(H,13,14). The number of aliphatic hydroxyl groups is 1. The van der Waals surface area contributed by atoms with E-state index in [-0.39, 0.29) is 24.4 Å². The van der Waals surface area contributed by atoms with Crippen LogP contribution in [-0.2, 0) is 0 Å². The summed E-state index contributed by atoms with van der Waals surface area (Å²) in [5, 5.41) is 12.8. The lowest BCUT2D eigenvalue weighted by atomic mass is 10.0. The van der Waals surface area contributed by atoms with Crippen LogP contribution in [0.4, 0.5) is 10.9 Å². The minimum Gasteiger partial charge on any atom is -0.394 e. The molecule has 1 amide bonds. The molecule has 6 nitrogen and oxygen atoms in total. The zero-order valence-electron chi connectivity index (χ0n) is 10.3. The van der Waals surface area contributed by atoms with Crippen LogP contribution in [0, 0.1) is 0 Å². The van der Waals surface area contributed by atoms with Crippen molar-refractivity contribution in [2.24, 2.45) is 0 Å². The van der Waals surface area contributed by atoms with Gasteiger partial charge in [0.1, 0.15) is 10.7 Å². The average molecular weight is 270 g/mol. The number of rotatable bonds is 3. The zero-order chi connectivity index (χ0) is 13.1. The van der Waals surface area contributed by atoms with Crippen LogP contribution in [0.3, 0.4) is 0 Å². The lowest BCUT2D eigenvalue weighted by Gasteiger charge is -2.34. The number of aromatic nitrogens is 1. The first-order valence-electron chi connectivity index (χ1n) is 6.03. The first-order valence-corrected chi connectivity index (χ1v) is 6.85.